The Labute approximate surface area is 236 Å². The van der Waals surface area contributed by atoms with Gasteiger partial charge in [-0.1, -0.05) is 84.1 Å². The lowest BCUT2D eigenvalue weighted by Gasteiger charge is -2.25. The van der Waals surface area contributed by atoms with Crippen molar-refractivity contribution in [3.63, 3.8) is 0 Å². The van der Waals surface area contributed by atoms with E-state index in [-0.39, 0.29) is 16.8 Å². The van der Waals surface area contributed by atoms with Crippen LogP contribution in [-0.2, 0) is 20.9 Å². The van der Waals surface area contributed by atoms with Gasteiger partial charge in [-0.05, 0) is 60.9 Å². The van der Waals surface area contributed by atoms with Crippen molar-refractivity contribution in [3.05, 3.63) is 99.4 Å². The van der Waals surface area contributed by atoms with E-state index in [0.717, 1.165) is 22.9 Å². The third-order valence-electron chi connectivity index (χ3n) is 5.58. The van der Waals surface area contributed by atoms with Gasteiger partial charge in [0, 0.05) is 5.02 Å². The van der Waals surface area contributed by atoms with E-state index in [4.69, 9.17) is 38.0 Å². The summed E-state index contributed by atoms with van der Waals surface area (Å²) in [5.41, 5.74) is 2.34. The number of amides is 1. The SMILES string of the molecule is CCOC(=O)C(c1ccccc1)N1C(=O)/C(=C/c2ccc(OCc3ccc(Cl)cc3)c(OCC)c2)SC1=S. The fourth-order valence-electron chi connectivity index (χ4n) is 3.84. The van der Waals surface area contributed by atoms with Gasteiger partial charge in [0.15, 0.2) is 17.5 Å². The van der Waals surface area contributed by atoms with Crippen LogP contribution in [0.5, 0.6) is 11.5 Å². The van der Waals surface area contributed by atoms with Crippen molar-refractivity contribution in [3.8, 4) is 11.5 Å². The molecule has 1 saturated heterocycles. The van der Waals surface area contributed by atoms with Crippen LogP contribution in [0, 0.1) is 0 Å². The Hall–Kier alpha value is -3.33. The van der Waals surface area contributed by atoms with Gasteiger partial charge in [0.25, 0.3) is 5.91 Å². The molecule has 1 unspecified atom stereocenters. The minimum atomic E-state index is -0.961. The zero-order valence-electron chi connectivity index (χ0n) is 20.9. The van der Waals surface area contributed by atoms with Crippen molar-refractivity contribution < 1.29 is 23.8 Å². The number of carbonyl (C=O) groups excluding carboxylic acids is 2. The lowest BCUT2D eigenvalue weighted by molar-refractivity contribution is -0.151. The quantitative estimate of drug-likeness (QED) is 0.151. The maximum absolute atomic E-state index is 13.5. The van der Waals surface area contributed by atoms with Gasteiger partial charge in [-0.2, -0.15) is 0 Å². The number of thioether (sulfide) groups is 1. The maximum Gasteiger partial charge on any atom is 0.333 e. The summed E-state index contributed by atoms with van der Waals surface area (Å²) >= 11 is 12.6. The monoisotopic (exact) mass is 567 g/mol. The highest BCUT2D eigenvalue weighted by atomic mass is 35.5. The first-order chi connectivity index (χ1) is 18.4. The summed E-state index contributed by atoms with van der Waals surface area (Å²) in [5.74, 6) is 0.248. The van der Waals surface area contributed by atoms with Crippen LogP contribution in [0.4, 0.5) is 0 Å². The fourth-order valence-corrected chi connectivity index (χ4v) is 5.28. The summed E-state index contributed by atoms with van der Waals surface area (Å²) in [5, 5.41) is 0.663. The van der Waals surface area contributed by atoms with E-state index in [0.29, 0.717) is 40.2 Å². The first-order valence-corrected chi connectivity index (χ1v) is 13.6. The fraction of sp³-hybridized carbons (Fsp3) is 0.207. The van der Waals surface area contributed by atoms with E-state index in [1.807, 2.05) is 49.4 Å². The number of benzene rings is 3. The van der Waals surface area contributed by atoms with Crippen molar-refractivity contribution in [1.29, 1.82) is 0 Å². The molecule has 1 amide bonds. The van der Waals surface area contributed by atoms with Gasteiger partial charge in [0.05, 0.1) is 18.1 Å². The average molecular weight is 568 g/mol. The topological polar surface area (TPSA) is 65.1 Å². The van der Waals surface area contributed by atoms with Gasteiger partial charge in [-0.3, -0.25) is 9.69 Å². The maximum atomic E-state index is 13.5. The second kappa shape index (κ2) is 13.0. The lowest BCUT2D eigenvalue weighted by Crippen LogP contribution is -2.38. The highest BCUT2D eigenvalue weighted by molar-refractivity contribution is 8.26. The standard InChI is InChI=1S/C29H26ClNO5S2/c1-3-34-24-16-20(12-15-23(24)36-18-19-10-13-22(30)14-11-19)17-25-27(32)31(29(37)38-25)26(28(33)35-4-2)21-8-6-5-7-9-21/h5-17,26H,3-4,18H2,1-2H3/b25-17-. The Kier molecular flexibility index (Phi) is 9.44. The summed E-state index contributed by atoms with van der Waals surface area (Å²) < 4.78 is 17.4. The summed E-state index contributed by atoms with van der Waals surface area (Å²) in [4.78, 5) is 28.1. The summed E-state index contributed by atoms with van der Waals surface area (Å²) in [6.07, 6.45) is 1.73. The zero-order chi connectivity index (χ0) is 27.1. The molecular formula is C29H26ClNO5S2. The smallest absolute Gasteiger partial charge is 0.333 e. The van der Waals surface area contributed by atoms with E-state index in [9.17, 15) is 9.59 Å². The number of hydrogen-bond donors (Lipinski definition) is 0. The van der Waals surface area contributed by atoms with E-state index in [1.165, 1.54) is 4.90 Å². The summed E-state index contributed by atoms with van der Waals surface area (Å²) in [7, 11) is 0. The third kappa shape index (κ3) is 6.56. The number of thiocarbonyl (C=S) groups is 1. The molecule has 0 saturated carbocycles. The van der Waals surface area contributed by atoms with Crippen molar-refractivity contribution in [2.75, 3.05) is 13.2 Å². The summed E-state index contributed by atoms with van der Waals surface area (Å²) in [6.45, 7) is 4.60. The third-order valence-corrected chi connectivity index (χ3v) is 7.16. The molecule has 196 valence electrons. The lowest BCUT2D eigenvalue weighted by atomic mass is 10.1. The Morgan fingerprint density at radius 1 is 1.00 bits per heavy atom. The number of ether oxygens (including phenoxy) is 3. The molecule has 0 radical (unpaired) electrons. The number of carbonyl (C=O) groups is 2. The van der Waals surface area contributed by atoms with Crippen molar-refractivity contribution >= 4 is 57.9 Å². The highest BCUT2D eigenvalue weighted by Gasteiger charge is 2.42. The van der Waals surface area contributed by atoms with Gasteiger partial charge in [-0.15, -0.1) is 0 Å². The molecule has 0 bridgehead atoms. The van der Waals surface area contributed by atoms with Crippen molar-refractivity contribution in [2.45, 2.75) is 26.5 Å². The Bertz CT molecular complexity index is 1340. The molecule has 0 spiro atoms. The van der Waals surface area contributed by atoms with Crippen LogP contribution in [0.25, 0.3) is 6.08 Å². The molecule has 9 heteroatoms. The van der Waals surface area contributed by atoms with Gasteiger partial charge in [0.1, 0.15) is 10.9 Å². The van der Waals surface area contributed by atoms with Crippen molar-refractivity contribution in [1.82, 2.24) is 4.90 Å². The predicted molar refractivity (Wildman–Crippen MR) is 154 cm³/mol. The summed E-state index contributed by atoms with van der Waals surface area (Å²) in [6, 6.07) is 20.9. The molecule has 3 aromatic rings. The van der Waals surface area contributed by atoms with Gasteiger partial charge in [0.2, 0.25) is 0 Å². The second-order valence-corrected chi connectivity index (χ2v) is 10.3. The molecule has 3 aromatic carbocycles. The molecule has 38 heavy (non-hydrogen) atoms. The second-order valence-electron chi connectivity index (χ2n) is 8.17. The molecule has 0 N–H and O–H groups in total. The largest absolute Gasteiger partial charge is 0.490 e. The van der Waals surface area contributed by atoms with E-state index in [1.54, 1.807) is 43.3 Å². The number of rotatable bonds is 10. The Balaban J connectivity index is 1.58. The van der Waals surface area contributed by atoms with Crippen LogP contribution < -0.4 is 9.47 Å². The molecule has 0 aromatic heterocycles. The van der Waals surface area contributed by atoms with Crippen molar-refractivity contribution in [2.24, 2.45) is 0 Å². The molecule has 1 fully saturated rings. The van der Waals surface area contributed by atoms with Crippen LogP contribution >= 0.6 is 35.6 Å². The molecule has 1 aliphatic rings. The number of esters is 1. The molecule has 1 aliphatic heterocycles. The van der Waals surface area contributed by atoms with Crippen LogP contribution in [-0.4, -0.2) is 34.3 Å². The minimum Gasteiger partial charge on any atom is -0.490 e. The Morgan fingerprint density at radius 2 is 1.74 bits per heavy atom. The van der Waals surface area contributed by atoms with Gasteiger partial charge in [-0.25, -0.2) is 4.79 Å². The predicted octanol–water partition coefficient (Wildman–Crippen LogP) is 6.82. The first-order valence-electron chi connectivity index (χ1n) is 12.0. The average Bonchev–Trinajstić information content (AvgIpc) is 3.18. The molecule has 4 rings (SSSR count). The first kappa shape index (κ1) is 27.7. The molecule has 6 nitrogen and oxygen atoms in total. The molecule has 1 atom stereocenters. The normalized spacial score (nSPS) is 15.0. The van der Waals surface area contributed by atoms with E-state index < -0.39 is 12.0 Å². The van der Waals surface area contributed by atoms with Crippen LogP contribution in [0.15, 0.2) is 77.7 Å². The van der Waals surface area contributed by atoms with Gasteiger partial charge < -0.3 is 14.2 Å². The van der Waals surface area contributed by atoms with E-state index in [2.05, 4.69) is 0 Å². The van der Waals surface area contributed by atoms with Crippen LogP contribution in [0.2, 0.25) is 5.02 Å². The number of halogens is 1. The highest BCUT2D eigenvalue weighted by Crippen LogP contribution is 2.39. The van der Waals surface area contributed by atoms with Crippen LogP contribution in [0.3, 0.4) is 0 Å². The molecule has 1 heterocycles. The zero-order valence-corrected chi connectivity index (χ0v) is 23.3. The number of hydrogen-bond acceptors (Lipinski definition) is 7. The Morgan fingerprint density at radius 3 is 2.42 bits per heavy atom. The van der Waals surface area contributed by atoms with Crippen LogP contribution in [0.1, 0.15) is 36.6 Å². The number of nitrogens with zero attached hydrogens (tertiary/aromatic N) is 1. The van der Waals surface area contributed by atoms with Gasteiger partial charge >= 0.3 is 5.97 Å². The minimum absolute atomic E-state index is 0.194. The molecular weight excluding hydrogens is 542 g/mol. The molecule has 0 aliphatic carbocycles. The van der Waals surface area contributed by atoms with E-state index >= 15 is 0 Å².